The van der Waals surface area contributed by atoms with Gasteiger partial charge in [-0.05, 0) is 25.3 Å². The third-order valence-corrected chi connectivity index (χ3v) is 4.59. The summed E-state index contributed by atoms with van der Waals surface area (Å²) in [6.07, 6.45) is 3.08. The number of hydrogen-bond donors (Lipinski definition) is 4. The van der Waals surface area contributed by atoms with Gasteiger partial charge in [0.15, 0.2) is 5.76 Å². The van der Waals surface area contributed by atoms with Crippen LogP contribution in [-0.2, 0) is 6.42 Å². The number of nitrogens with zero attached hydrogens (tertiary/aromatic N) is 1. The highest BCUT2D eigenvalue weighted by Crippen LogP contribution is 2.44. The minimum atomic E-state index is 0.259. The summed E-state index contributed by atoms with van der Waals surface area (Å²) in [7, 11) is 0. The summed E-state index contributed by atoms with van der Waals surface area (Å²) < 4.78 is 5.09. The third-order valence-electron chi connectivity index (χ3n) is 3.51. The average molecular weight is 303 g/mol. The van der Waals surface area contributed by atoms with Crippen LogP contribution < -0.4 is 16.8 Å². The van der Waals surface area contributed by atoms with Crippen molar-refractivity contribution in [2.24, 2.45) is 5.73 Å². The number of rotatable bonds is 4. The molecule has 0 saturated carbocycles. The van der Waals surface area contributed by atoms with E-state index < -0.39 is 0 Å². The van der Waals surface area contributed by atoms with Crippen LogP contribution in [0.4, 0.5) is 10.7 Å². The van der Waals surface area contributed by atoms with Crippen molar-refractivity contribution in [2.45, 2.75) is 19.8 Å². The van der Waals surface area contributed by atoms with Gasteiger partial charge in [-0.25, -0.2) is 0 Å². The van der Waals surface area contributed by atoms with Crippen LogP contribution in [0.1, 0.15) is 29.5 Å². The molecule has 2 aromatic heterocycles. The van der Waals surface area contributed by atoms with Crippen LogP contribution >= 0.6 is 11.3 Å². The van der Waals surface area contributed by atoms with Crippen LogP contribution in [-0.4, -0.2) is 17.4 Å². The first-order valence-corrected chi connectivity index (χ1v) is 7.59. The molecule has 7 heteroatoms. The number of nitrogens with two attached hydrogens (primary N) is 2. The average Bonchev–Trinajstić information content (AvgIpc) is 3.08. The highest BCUT2D eigenvalue weighted by Gasteiger charge is 2.28. The summed E-state index contributed by atoms with van der Waals surface area (Å²) in [6.45, 7) is 2.84. The molecule has 0 saturated heterocycles. The van der Waals surface area contributed by atoms with Gasteiger partial charge in [0, 0.05) is 28.8 Å². The lowest BCUT2D eigenvalue weighted by atomic mass is 9.91. The van der Waals surface area contributed by atoms with E-state index >= 15 is 0 Å². The smallest absolute Gasteiger partial charge is 0.185 e. The summed E-state index contributed by atoms with van der Waals surface area (Å²) in [5, 5.41) is 16.1. The lowest BCUT2D eigenvalue weighted by Gasteiger charge is -2.19. The number of thiophene rings is 1. The molecule has 110 valence electrons. The van der Waals surface area contributed by atoms with Crippen LogP contribution in [0.5, 0.6) is 0 Å². The molecular weight excluding hydrogens is 286 g/mol. The minimum Gasteiger partial charge on any atom is -0.401 e. The summed E-state index contributed by atoms with van der Waals surface area (Å²) in [4.78, 5) is 0.966. The Morgan fingerprint density at radius 3 is 2.95 bits per heavy atom. The normalized spacial score (nSPS) is 14.1. The van der Waals surface area contributed by atoms with Gasteiger partial charge in [0.25, 0.3) is 0 Å². The van der Waals surface area contributed by atoms with E-state index in [1.807, 2.05) is 6.92 Å². The van der Waals surface area contributed by atoms with Crippen LogP contribution in [0.2, 0.25) is 0 Å². The zero-order valence-electron chi connectivity index (χ0n) is 11.7. The fourth-order valence-electron chi connectivity index (χ4n) is 2.57. The van der Waals surface area contributed by atoms with Crippen molar-refractivity contribution >= 4 is 33.3 Å². The maximum Gasteiger partial charge on any atom is 0.185 e. The molecule has 0 amide bonds. The molecule has 0 bridgehead atoms. The molecule has 6 nitrogen and oxygen atoms in total. The standard InChI is InChI=1S/C14H17N5OS/c1-2-18-12-7-3-4-8(15)10(13(7)21-14(12)17)11(16)9-5-6-19-20-9/h5-6,16,18H,2-4,15,17H2,1H3. The van der Waals surface area contributed by atoms with Crippen molar-refractivity contribution in [1.82, 2.24) is 5.16 Å². The van der Waals surface area contributed by atoms with E-state index in [2.05, 4.69) is 10.5 Å². The number of nitrogens with one attached hydrogen (secondary N) is 2. The SMILES string of the molecule is CCNc1c(N)sc2c1CCC(N)=C2C(=N)c1ccno1. The quantitative estimate of drug-likeness (QED) is 0.648. The molecule has 21 heavy (non-hydrogen) atoms. The molecule has 0 fully saturated rings. The van der Waals surface area contributed by atoms with E-state index in [-0.39, 0.29) is 5.71 Å². The van der Waals surface area contributed by atoms with Gasteiger partial charge in [-0.3, -0.25) is 5.41 Å². The van der Waals surface area contributed by atoms with Gasteiger partial charge in [-0.15, -0.1) is 11.3 Å². The number of hydrogen-bond acceptors (Lipinski definition) is 7. The van der Waals surface area contributed by atoms with E-state index in [1.165, 1.54) is 17.5 Å². The Labute approximate surface area is 126 Å². The number of anilines is 2. The Morgan fingerprint density at radius 1 is 1.48 bits per heavy atom. The zero-order valence-corrected chi connectivity index (χ0v) is 12.5. The lowest BCUT2D eigenvalue weighted by Crippen LogP contribution is -2.16. The molecule has 2 heterocycles. The summed E-state index contributed by atoms with van der Waals surface area (Å²) in [5.74, 6) is 0.415. The van der Waals surface area contributed by atoms with Gasteiger partial charge >= 0.3 is 0 Å². The molecule has 0 atom stereocenters. The Morgan fingerprint density at radius 2 is 2.29 bits per heavy atom. The van der Waals surface area contributed by atoms with Crippen molar-refractivity contribution in [2.75, 3.05) is 17.6 Å². The van der Waals surface area contributed by atoms with E-state index in [4.69, 9.17) is 21.4 Å². The third kappa shape index (κ3) is 2.19. The van der Waals surface area contributed by atoms with Gasteiger partial charge in [-0.1, -0.05) is 5.16 Å². The van der Waals surface area contributed by atoms with E-state index in [1.54, 1.807) is 6.07 Å². The van der Waals surface area contributed by atoms with Crippen LogP contribution in [0.15, 0.2) is 22.5 Å². The Balaban J connectivity index is 2.10. The summed E-state index contributed by atoms with van der Waals surface area (Å²) in [6, 6.07) is 1.67. The zero-order chi connectivity index (χ0) is 15.0. The molecule has 1 aliphatic carbocycles. The van der Waals surface area contributed by atoms with Crippen molar-refractivity contribution in [3.05, 3.63) is 34.2 Å². The highest BCUT2D eigenvalue weighted by molar-refractivity contribution is 7.18. The van der Waals surface area contributed by atoms with Gasteiger partial charge in [0.1, 0.15) is 10.7 Å². The molecule has 0 aliphatic heterocycles. The number of nitrogen functional groups attached to an aromatic ring is 1. The van der Waals surface area contributed by atoms with Crippen LogP contribution in [0.25, 0.3) is 5.57 Å². The second-order valence-corrected chi connectivity index (χ2v) is 5.88. The molecule has 0 unspecified atom stereocenters. The summed E-state index contributed by atoms with van der Waals surface area (Å²) >= 11 is 1.47. The van der Waals surface area contributed by atoms with Gasteiger partial charge in [0.05, 0.1) is 11.9 Å². The molecule has 0 aromatic carbocycles. The second kappa shape index (κ2) is 5.25. The first-order valence-electron chi connectivity index (χ1n) is 6.77. The molecule has 0 spiro atoms. The van der Waals surface area contributed by atoms with Crippen molar-refractivity contribution in [1.29, 1.82) is 5.41 Å². The largest absolute Gasteiger partial charge is 0.401 e. The van der Waals surface area contributed by atoms with Crippen molar-refractivity contribution in [3.8, 4) is 0 Å². The lowest BCUT2D eigenvalue weighted by molar-refractivity contribution is 0.413. The van der Waals surface area contributed by atoms with Crippen molar-refractivity contribution in [3.63, 3.8) is 0 Å². The predicted octanol–water partition coefficient (Wildman–Crippen LogP) is 2.43. The number of aromatic nitrogens is 1. The maximum atomic E-state index is 8.36. The second-order valence-electron chi connectivity index (χ2n) is 4.83. The Kier molecular flexibility index (Phi) is 3.42. The van der Waals surface area contributed by atoms with Crippen LogP contribution in [0.3, 0.4) is 0 Å². The van der Waals surface area contributed by atoms with Crippen molar-refractivity contribution < 1.29 is 4.52 Å². The number of fused-ring (bicyclic) bond motifs is 1. The highest BCUT2D eigenvalue weighted by atomic mass is 32.1. The molecule has 1 aliphatic rings. The molecule has 6 N–H and O–H groups in total. The van der Waals surface area contributed by atoms with E-state index in [0.717, 1.165) is 34.1 Å². The first-order chi connectivity index (χ1) is 10.1. The maximum absolute atomic E-state index is 8.36. The fourth-order valence-corrected chi connectivity index (χ4v) is 3.75. The number of allylic oxidation sites excluding steroid dienone is 2. The molecule has 2 aromatic rings. The molecule has 3 rings (SSSR count). The monoisotopic (exact) mass is 303 g/mol. The summed E-state index contributed by atoms with van der Waals surface area (Å²) in [5.41, 5.74) is 16.1. The Bertz CT molecular complexity index is 714. The Hall–Kier alpha value is -2.28. The fraction of sp³-hybridized carbons (Fsp3) is 0.286. The topological polar surface area (TPSA) is 114 Å². The van der Waals surface area contributed by atoms with Gasteiger partial charge in [-0.2, -0.15) is 0 Å². The predicted molar refractivity (Wildman–Crippen MR) is 85.7 cm³/mol. The molecular formula is C14H17N5OS. The first kappa shape index (κ1) is 13.7. The van der Waals surface area contributed by atoms with E-state index in [0.29, 0.717) is 23.5 Å². The minimum absolute atomic E-state index is 0.259. The van der Waals surface area contributed by atoms with E-state index in [9.17, 15) is 0 Å². The van der Waals surface area contributed by atoms with Gasteiger partial charge in [0.2, 0.25) is 0 Å². The van der Waals surface area contributed by atoms with Gasteiger partial charge < -0.3 is 21.3 Å². The molecule has 0 radical (unpaired) electrons. The van der Waals surface area contributed by atoms with Crippen LogP contribution in [0, 0.1) is 5.41 Å².